The van der Waals surface area contributed by atoms with E-state index in [9.17, 15) is 4.79 Å². The van der Waals surface area contributed by atoms with Gasteiger partial charge in [-0.1, -0.05) is 18.2 Å². The molecular weight excluding hydrogens is 325 g/mol. The molecule has 0 aliphatic carbocycles. The maximum Gasteiger partial charge on any atom is 0.221 e. The van der Waals surface area contributed by atoms with Gasteiger partial charge in [0.05, 0.1) is 13.2 Å². The van der Waals surface area contributed by atoms with Gasteiger partial charge in [-0.25, -0.2) is 0 Å². The van der Waals surface area contributed by atoms with Gasteiger partial charge < -0.3 is 20.7 Å². The van der Waals surface area contributed by atoms with Crippen molar-refractivity contribution in [2.75, 3.05) is 27.7 Å². The summed E-state index contributed by atoms with van der Waals surface area (Å²) in [7, 11) is 5.61. The summed E-state index contributed by atoms with van der Waals surface area (Å²) >= 11 is 0. The van der Waals surface area contributed by atoms with Crippen molar-refractivity contribution in [3.63, 3.8) is 0 Å². The Balaban J connectivity index is 0. The topological polar surface area (TPSA) is 67.6 Å². The summed E-state index contributed by atoms with van der Waals surface area (Å²) in [6.07, 6.45) is 0.339. The van der Waals surface area contributed by atoms with E-state index in [2.05, 4.69) is 10.2 Å². The normalized spacial score (nSPS) is 12.6. The summed E-state index contributed by atoms with van der Waals surface area (Å²) in [4.78, 5) is 13.8. The van der Waals surface area contributed by atoms with Gasteiger partial charge in [0.15, 0.2) is 0 Å². The number of hydrogen-bond donors (Lipinski definition) is 2. The number of para-hydroxylation sites is 1. The van der Waals surface area contributed by atoms with Gasteiger partial charge in [-0.2, -0.15) is 0 Å². The molecule has 1 amide bonds. The zero-order valence-corrected chi connectivity index (χ0v) is 15.2. The Morgan fingerprint density at radius 3 is 2.41 bits per heavy atom. The van der Waals surface area contributed by atoms with E-state index in [1.807, 2.05) is 45.3 Å². The van der Waals surface area contributed by atoms with Crippen molar-refractivity contribution in [2.45, 2.75) is 25.4 Å². The standard InChI is InChI=1S/C15H25N3O2.2ClH/c1-11(16)9-15(19)17-10-13(18(2)3)12-7-5-6-8-14(12)20-4;;/h5-8,11,13H,9-10,16H2,1-4H3,(H,17,19);2*1H. The van der Waals surface area contributed by atoms with Gasteiger partial charge in [-0.15, -0.1) is 24.8 Å². The second kappa shape index (κ2) is 11.5. The fraction of sp³-hybridized carbons (Fsp3) is 0.533. The van der Waals surface area contributed by atoms with Gasteiger partial charge in [0.25, 0.3) is 0 Å². The molecule has 0 aliphatic rings. The molecule has 2 unspecified atom stereocenters. The third-order valence-corrected chi connectivity index (χ3v) is 3.12. The van der Waals surface area contributed by atoms with Gasteiger partial charge >= 0.3 is 0 Å². The Bertz CT molecular complexity index is 443. The molecule has 0 fully saturated rings. The van der Waals surface area contributed by atoms with Crippen molar-refractivity contribution in [3.8, 4) is 5.75 Å². The number of likely N-dealkylation sites (N-methyl/N-ethyl adjacent to an activating group) is 1. The van der Waals surface area contributed by atoms with Gasteiger partial charge in [0, 0.05) is 24.6 Å². The highest BCUT2D eigenvalue weighted by atomic mass is 35.5. The summed E-state index contributed by atoms with van der Waals surface area (Å²) in [5.74, 6) is 0.800. The van der Waals surface area contributed by atoms with E-state index >= 15 is 0 Å². The maximum atomic E-state index is 11.7. The highest BCUT2D eigenvalue weighted by Crippen LogP contribution is 2.27. The Kier molecular flexibility index (Phi) is 12.2. The van der Waals surface area contributed by atoms with Crippen molar-refractivity contribution >= 4 is 30.7 Å². The average Bonchev–Trinajstić information content (AvgIpc) is 2.38. The van der Waals surface area contributed by atoms with Crippen molar-refractivity contribution in [1.29, 1.82) is 0 Å². The molecule has 0 bridgehead atoms. The molecule has 3 N–H and O–H groups in total. The van der Waals surface area contributed by atoms with Crippen molar-refractivity contribution in [1.82, 2.24) is 10.2 Å². The van der Waals surface area contributed by atoms with Crippen LogP contribution in [0.4, 0.5) is 0 Å². The Morgan fingerprint density at radius 2 is 1.91 bits per heavy atom. The van der Waals surface area contributed by atoms with Crippen LogP contribution in [0.3, 0.4) is 0 Å². The van der Waals surface area contributed by atoms with Crippen LogP contribution in [0.25, 0.3) is 0 Å². The summed E-state index contributed by atoms with van der Waals surface area (Å²) in [6.45, 7) is 2.35. The number of hydrogen-bond acceptors (Lipinski definition) is 4. The monoisotopic (exact) mass is 351 g/mol. The molecule has 0 saturated heterocycles. The lowest BCUT2D eigenvalue weighted by molar-refractivity contribution is -0.121. The van der Waals surface area contributed by atoms with Crippen molar-refractivity contribution in [2.24, 2.45) is 5.73 Å². The smallest absolute Gasteiger partial charge is 0.221 e. The molecule has 1 aromatic carbocycles. The molecule has 1 rings (SSSR count). The first-order valence-electron chi connectivity index (χ1n) is 6.77. The second-order valence-corrected chi connectivity index (χ2v) is 5.21. The van der Waals surface area contributed by atoms with Crippen LogP contribution in [-0.2, 0) is 4.79 Å². The van der Waals surface area contributed by atoms with Crippen molar-refractivity contribution in [3.05, 3.63) is 29.8 Å². The second-order valence-electron chi connectivity index (χ2n) is 5.21. The number of carbonyl (C=O) groups is 1. The summed E-state index contributed by atoms with van der Waals surface area (Å²) in [5.41, 5.74) is 6.68. The van der Waals surface area contributed by atoms with Crippen LogP contribution in [0.15, 0.2) is 24.3 Å². The molecule has 0 radical (unpaired) electrons. The first-order chi connectivity index (χ1) is 9.45. The molecule has 0 aliphatic heterocycles. The first kappa shape index (κ1) is 23.3. The lowest BCUT2D eigenvalue weighted by Gasteiger charge is -2.26. The predicted molar refractivity (Wildman–Crippen MR) is 95.2 cm³/mol. The van der Waals surface area contributed by atoms with Crippen LogP contribution in [0, 0.1) is 0 Å². The number of amides is 1. The number of nitrogens with zero attached hydrogens (tertiary/aromatic N) is 1. The molecule has 0 aromatic heterocycles. The van der Waals surface area contributed by atoms with E-state index in [-0.39, 0.29) is 42.8 Å². The largest absolute Gasteiger partial charge is 0.496 e. The number of halogens is 2. The van der Waals surface area contributed by atoms with Gasteiger partial charge in [0.1, 0.15) is 5.75 Å². The predicted octanol–water partition coefficient (Wildman–Crippen LogP) is 2.00. The molecule has 0 saturated carbocycles. The van der Waals surface area contributed by atoms with E-state index in [0.717, 1.165) is 11.3 Å². The van der Waals surface area contributed by atoms with E-state index < -0.39 is 0 Å². The molecule has 5 nitrogen and oxygen atoms in total. The SMILES string of the molecule is COc1ccccc1C(CNC(=O)CC(C)N)N(C)C.Cl.Cl. The van der Waals surface area contributed by atoms with Crippen LogP contribution in [0.1, 0.15) is 24.9 Å². The lowest BCUT2D eigenvalue weighted by atomic mass is 10.0. The molecule has 0 heterocycles. The Morgan fingerprint density at radius 1 is 1.32 bits per heavy atom. The van der Waals surface area contributed by atoms with Crippen LogP contribution >= 0.6 is 24.8 Å². The Hall–Kier alpha value is -1.01. The molecule has 22 heavy (non-hydrogen) atoms. The van der Waals surface area contributed by atoms with Crippen molar-refractivity contribution < 1.29 is 9.53 Å². The summed E-state index contributed by atoms with van der Waals surface area (Å²) in [5, 5.41) is 2.93. The number of carbonyl (C=O) groups excluding carboxylic acids is 1. The number of benzene rings is 1. The van der Waals surface area contributed by atoms with E-state index in [1.54, 1.807) is 7.11 Å². The van der Waals surface area contributed by atoms with Crippen LogP contribution in [0.5, 0.6) is 5.75 Å². The summed E-state index contributed by atoms with van der Waals surface area (Å²) < 4.78 is 5.39. The molecular formula is C15H27Cl2N3O2. The fourth-order valence-electron chi connectivity index (χ4n) is 2.09. The fourth-order valence-corrected chi connectivity index (χ4v) is 2.09. The molecule has 2 atom stereocenters. The number of nitrogens with one attached hydrogen (secondary N) is 1. The highest BCUT2D eigenvalue weighted by molar-refractivity contribution is 5.85. The number of methoxy groups -OCH3 is 1. The molecule has 7 heteroatoms. The number of ether oxygens (including phenoxy) is 1. The zero-order chi connectivity index (χ0) is 15.1. The van der Waals surface area contributed by atoms with E-state index in [1.165, 1.54) is 0 Å². The average molecular weight is 352 g/mol. The zero-order valence-electron chi connectivity index (χ0n) is 13.5. The van der Waals surface area contributed by atoms with Gasteiger partial charge in [-0.3, -0.25) is 4.79 Å². The van der Waals surface area contributed by atoms with E-state index in [4.69, 9.17) is 10.5 Å². The molecule has 1 aromatic rings. The van der Waals surface area contributed by atoms with Crippen LogP contribution in [0.2, 0.25) is 0 Å². The van der Waals surface area contributed by atoms with Crippen LogP contribution in [-0.4, -0.2) is 44.6 Å². The third-order valence-electron chi connectivity index (χ3n) is 3.12. The molecule has 128 valence electrons. The summed E-state index contributed by atoms with van der Waals surface area (Å²) in [6, 6.07) is 7.78. The van der Waals surface area contributed by atoms with Gasteiger partial charge in [-0.05, 0) is 27.1 Å². The number of nitrogens with two attached hydrogens (primary N) is 1. The van der Waals surface area contributed by atoms with Crippen LogP contribution < -0.4 is 15.8 Å². The quantitative estimate of drug-likeness (QED) is 0.788. The lowest BCUT2D eigenvalue weighted by Crippen LogP contribution is -2.36. The Labute approximate surface area is 145 Å². The highest BCUT2D eigenvalue weighted by Gasteiger charge is 2.19. The minimum absolute atomic E-state index is 0. The third kappa shape index (κ3) is 7.31. The minimum atomic E-state index is -0.126. The maximum absolute atomic E-state index is 11.7. The minimum Gasteiger partial charge on any atom is -0.496 e. The van der Waals surface area contributed by atoms with E-state index in [0.29, 0.717) is 13.0 Å². The number of rotatable bonds is 7. The van der Waals surface area contributed by atoms with Gasteiger partial charge in [0.2, 0.25) is 5.91 Å². The molecule has 0 spiro atoms. The first-order valence-corrected chi connectivity index (χ1v) is 6.77.